The highest BCUT2D eigenvalue weighted by Crippen LogP contribution is 2.60. The van der Waals surface area contributed by atoms with Crippen LogP contribution in [-0.4, -0.2) is 28.7 Å². The lowest BCUT2D eigenvalue weighted by Crippen LogP contribution is -2.46. The van der Waals surface area contributed by atoms with Gasteiger partial charge in [-0.3, -0.25) is 0 Å². The van der Waals surface area contributed by atoms with Crippen molar-refractivity contribution in [1.82, 2.24) is 0 Å². The monoisotopic (exact) mass is 172 g/mol. The summed E-state index contributed by atoms with van der Waals surface area (Å²) in [5.41, 5.74) is 0.0122. The first-order valence-corrected chi connectivity index (χ1v) is 4.52. The fourth-order valence-electron chi connectivity index (χ4n) is 2.76. The van der Waals surface area contributed by atoms with Gasteiger partial charge in [0.1, 0.15) is 0 Å². The van der Waals surface area contributed by atoms with Gasteiger partial charge in [0.25, 0.3) is 0 Å². The topological polar surface area (TPSA) is 49.7 Å². The summed E-state index contributed by atoms with van der Waals surface area (Å²) in [6, 6.07) is 0. The standard InChI is InChI=1S/C9H16O3/c1-8-4-3-6(8)9(2,11)12-7(8)5-10/h6-7,10-11H,3-5H2,1-2H3/t6-,7+,8+,9-/m0/s1. The van der Waals surface area contributed by atoms with E-state index in [1.165, 1.54) is 0 Å². The quantitative estimate of drug-likeness (QED) is 0.605. The average molecular weight is 172 g/mol. The average Bonchev–Trinajstić information content (AvgIpc) is 2.06. The SMILES string of the molecule is C[C@@]12CC[C@@H]1[C@@](C)(O)O[C@@H]2CO. The van der Waals surface area contributed by atoms with Crippen LogP contribution < -0.4 is 0 Å². The lowest BCUT2D eigenvalue weighted by atomic mass is 9.58. The zero-order chi connectivity index (χ0) is 8.98. The van der Waals surface area contributed by atoms with Gasteiger partial charge < -0.3 is 14.9 Å². The Balaban J connectivity index is 2.24. The van der Waals surface area contributed by atoms with Crippen molar-refractivity contribution in [3.8, 4) is 0 Å². The van der Waals surface area contributed by atoms with Crippen molar-refractivity contribution in [3.05, 3.63) is 0 Å². The minimum absolute atomic E-state index is 0.0122. The van der Waals surface area contributed by atoms with Crippen molar-refractivity contribution in [2.75, 3.05) is 6.61 Å². The van der Waals surface area contributed by atoms with Gasteiger partial charge >= 0.3 is 0 Å². The molecule has 0 aromatic rings. The fourth-order valence-corrected chi connectivity index (χ4v) is 2.76. The van der Waals surface area contributed by atoms with E-state index < -0.39 is 5.79 Å². The summed E-state index contributed by atoms with van der Waals surface area (Å²) in [4.78, 5) is 0. The second kappa shape index (κ2) is 2.22. The van der Waals surface area contributed by atoms with Gasteiger partial charge in [-0.15, -0.1) is 0 Å². The van der Waals surface area contributed by atoms with E-state index in [1.54, 1.807) is 6.92 Å². The molecule has 1 aliphatic heterocycles. The Morgan fingerprint density at radius 2 is 2.17 bits per heavy atom. The van der Waals surface area contributed by atoms with E-state index in [0.717, 1.165) is 12.8 Å². The molecule has 2 fully saturated rings. The molecule has 12 heavy (non-hydrogen) atoms. The smallest absolute Gasteiger partial charge is 0.166 e. The lowest BCUT2D eigenvalue weighted by Gasteiger charge is -2.45. The van der Waals surface area contributed by atoms with Crippen LogP contribution in [-0.2, 0) is 4.74 Å². The molecule has 70 valence electrons. The van der Waals surface area contributed by atoms with Crippen LogP contribution in [0.2, 0.25) is 0 Å². The predicted octanol–water partition coefficient (Wildman–Crippen LogP) is 0.502. The molecule has 4 atom stereocenters. The van der Waals surface area contributed by atoms with Crippen LogP contribution in [0.15, 0.2) is 0 Å². The van der Waals surface area contributed by atoms with Gasteiger partial charge in [-0.2, -0.15) is 0 Å². The Morgan fingerprint density at radius 3 is 2.42 bits per heavy atom. The fraction of sp³-hybridized carbons (Fsp3) is 1.00. The van der Waals surface area contributed by atoms with E-state index >= 15 is 0 Å². The zero-order valence-electron chi connectivity index (χ0n) is 7.58. The number of rotatable bonds is 1. The van der Waals surface area contributed by atoms with Crippen LogP contribution in [0, 0.1) is 11.3 Å². The van der Waals surface area contributed by atoms with E-state index in [9.17, 15) is 5.11 Å². The van der Waals surface area contributed by atoms with Gasteiger partial charge in [-0.25, -0.2) is 0 Å². The maximum absolute atomic E-state index is 9.82. The molecule has 0 amide bonds. The Kier molecular flexibility index (Phi) is 1.57. The Morgan fingerprint density at radius 1 is 1.50 bits per heavy atom. The van der Waals surface area contributed by atoms with E-state index in [1.807, 2.05) is 0 Å². The molecule has 2 N–H and O–H groups in total. The summed E-state index contributed by atoms with van der Waals surface area (Å²) in [6.07, 6.45) is 1.89. The second-order valence-electron chi connectivity index (χ2n) is 4.44. The molecule has 0 spiro atoms. The summed E-state index contributed by atoms with van der Waals surface area (Å²) in [5, 5.41) is 18.9. The van der Waals surface area contributed by atoms with Gasteiger partial charge in [0, 0.05) is 11.3 Å². The van der Waals surface area contributed by atoms with Crippen LogP contribution in [0.4, 0.5) is 0 Å². The van der Waals surface area contributed by atoms with Gasteiger partial charge in [0.2, 0.25) is 0 Å². The van der Waals surface area contributed by atoms with Crippen molar-refractivity contribution in [2.45, 2.75) is 38.6 Å². The van der Waals surface area contributed by atoms with Crippen LogP contribution in [0.1, 0.15) is 26.7 Å². The molecular weight excluding hydrogens is 156 g/mol. The van der Waals surface area contributed by atoms with Gasteiger partial charge in [-0.1, -0.05) is 6.92 Å². The van der Waals surface area contributed by atoms with Gasteiger partial charge in [0.15, 0.2) is 5.79 Å². The number of aliphatic hydroxyl groups excluding tert-OH is 1. The molecule has 1 aliphatic carbocycles. The Hall–Kier alpha value is -0.120. The zero-order valence-corrected chi connectivity index (χ0v) is 7.58. The second-order valence-corrected chi connectivity index (χ2v) is 4.44. The molecule has 0 bridgehead atoms. The Bertz CT molecular complexity index is 202. The minimum Gasteiger partial charge on any atom is -0.394 e. The maximum atomic E-state index is 9.82. The summed E-state index contributed by atoms with van der Waals surface area (Å²) in [7, 11) is 0. The maximum Gasteiger partial charge on any atom is 0.166 e. The molecule has 3 nitrogen and oxygen atoms in total. The molecule has 1 saturated carbocycles. The highest BCUT2D eigenvalue weighted by molar-refractivity contribution is 5.07. The highest BCUT2D eigenvalue weighted by Gasteiger charge is 2.63. The van der Waals surface area contributed by atoms with Crippen LogP contribution in [0.3, 0.4) is 0 Å². The third-order valence-corrected chi connectivity index (χ3v) is 3.70. The molecule has 2 aliphatic rings. The predicted molar refractivity (Wildman–Crippen MR) is 43.4 cm³/mol. The van der Waals surface area contributed by atoms with Crippen molar-refractivity contribution in [1.29, 1.82) is 0 Å². The normalized spacial score (nSPS) is 58.0. The number of hydrogen-bond donors (Lipinski definition) is 2. The van der Waals surface area contributed by atoms with Crippen molar-refractivity contribution >= 4 is 0 Å². The van der Waals surface area contributed by atoms with Crippen LogP contribution in [0.25, 0.3) is 0 Å². The number of ether oxygens (including phenoxy) is 1. The number of hydrogen-bond acceptors (Lipinski definition) is 3. The van der Waals surface area contributed by atoms with Crippen molar-refractivity contribution in [2.24, 2.45) is 11.3 Å². The summed E-state index contributed by atoms with van der Waals surface area (Å²) < 4.78 is 5.39. The third-order valence-electron chi connectivity index (χ3n) is 3.70. The highest BCUT2D eigenvalue weighted by atomic mass is 16.6. The summed E-state index contributed by atoms with van der Waals surface area (Å²) in [6.45, 7) is 3.80. The summed E-state index contributed by atoms with van der Waals surface area (Å²) >= 11 is 0. The lowest BCUT2D eigenvalue weighted by molar-refractivity contribution is -0.204. The largest absolute Gasteiger partial charge is 0.394 e. The van der Waals surface area contributed by atoms with Crippen molar-refractivity contribution in [3.63, 3.8) is 0 Å². The summed E-state index contributed by atoms with van der Waals surface area (Å²) in [5.74, 6) is -0.803. The minimum atomic E-state index is -1.01. The van der Waals surface area contributed by atoms with E-state index in [2.05, 4.69) is 6.92 Å². The van der Waals surface area contributed by atoms with E-state index in [4.69, 9.17) is 9.84 Å². The molecule has 0 radical (unpaired) electrons. The first-order chi connectivity index (χ1) is 5.50. The first kappa shape index (κ1) is 8.48. The molecule has 0 aromatic carbocycles. The van der Waals surface area contributed by atoms with Gasteiger partial charge in [0.05, 0.1) is 12.7 Å². The molecule has 1 heterocycles. The third kappa shape index (κ3) is 0.817. The van der Waals surface area contributed by atoms with E-state index in [-0.39, 0.29) is 24.0 Å². The molecule has 3 heteroatoms. The molecular formula is C9H16O3. The first-order valence-electron chi connectivity index (χ1n) is 4.52. The van der Waals surface area contributed by atoms with Crippen LogP contribution >= 0.6 is 0 Å². The molecule has 0 aromatic heterocycles. The van der Waals surface area contributed by atoms with E-state index in [0.29, 0.717) is 0 Å². The van der Waals surface area contributed by atoms with Crippen LogP contribution in [0.5, 0.6) is 0 Å². The van der Waals surface area contributed by atoms with Crippen molar-refractivity contribution < 1.29 is 14.9 Å². The molecule has 0 unspecified atom stereocenters. The van der Waals surface area contributed by atoms with Gasteiger partial charge in [-0.05, 0) is 19.8 Å². The molecule has 2 rings (SSSR count). The number of fused-ring (bicyclic) bond motifs is 1. The Labute approximate surface area is 72.3 Å². The number of aliphatic hydroxyl groups is 2. The molecule has 1 saturated heterocycles.